The van der Waals surface area contributed by atoms with E-state index in [1.54, 1.807) is 0 Å². The Morgan fingerprint density at radius 2 is 1.90 bits per heavy atom. The first-order chi connectivity index (χ1) is 4.81. The monoisotopic (exact) mass is 148 g/mol. The fourth-order valence-electron chi connectivity index (χ4n) is 0.292. The van der Waals surface area contributed by atoms with Gasteiger partial charge in [-0.05, 0) is 0 Å². The Hall–Kier alpha value is -1.26. The number of rotatable bonds is 1. The van der Waals surface area contributed by atoms with E-state index >= 15 is 0 Å². The van der Waals surface area contributed by atoms with Crippen LogP contribution in [0.2, 0.25) is 0 Å². The molecule has 0 amide bonds. The van der Waals surface area contributed by atoms with E-state index in [1.807, 2.05) is 0 Å². The van der Waals surface area contributed by atoms with Crippen molar-refractivity contribution < 1.29 is 23.8 Å². The van der Waals surface area contributed by atoms with Crippen molar-refractivity contribution in [2.45, 2.75) is 0 Å². The van der Waals surface area contributed by atoms with Crippen LogP contribution in [0.5, 0.6) is 0 Å². The zero-order valence-electron chi connectivity index (χ0n) is 5.53. The SMILES string of the molecule is COC=O.O=C1OCCO1. The quantitative estimate of drug-likeness (QED) is 0.385. The molecule has 0 aromatic rings. The standard InChI is InChI=1S/C3H4O3.C2H4O2/c4-3-5-1-2-6-3;1-4-2-3/h1-2H2;2H,1H3. The van der Waals surface area contributed by atoms with Gasteiger partial charge in [-0.25, -0.2) is 4.79 Å². The van der Waals surface area contributed by atoms with Gasteiger partial charge >= 0.3 is 6.16 Å². The minimum atomic E-state index is -0.546. The molecule has 1 aliphatic rings. The smallest absolute Gasteiger partial charge is 0.471 e. The average molecular weight is 148 g/mol. The van der Waals surface area contributed by atoms with Gasteiger partial charge in [-0.3, -0.25) is 4.79 Å². The summed E-state index contributed by atoms with van der Waals surface area (Å²) in [4.78, 5) is 18.8. The summed E-state index contributed by atoms with van der Waals surface area (Å²) in [6, 6.07) is 0. The van der Waals surface area contributed by atoms with E-state index in [4.69, 9.17) is 4.79 Å². The lowest BCUT2D eigenvalue weighted by Gasteiger charge is -1.78. The molecule has 0 spiro atoms. The fraction of sp³-hybridized carbons (Fsp3) is 0.600. The summed E-state index contributed by atoms with van der Waals surface area (Å²) < 4.78 is 12.4. The summed E-state index contributed by atoms with van der Waals surface area (Å²) in [5.41, 5.74) is 0. The van der Waals surface area contributed by atoms with Crippen LogP contribution in [-0.4, -0.2) is 33.0 Å². The zero-order valence-corrected chi connectivity index (χ0v) is 5.53. The van der Waals surface area contributed by atoms with Crippen LogP contribution in [0.15, 0.2) is 0 Å². The molecule has 5 heteroatoms. The predicted molar refractivity (Wildman–Crippen MR) is 30.4 cm³/mol. The molecule has 0 aliphatic carbocycles. The van der Waals surface area contributed by atoms with Gasteiger partial charge in [0.05, 0.1) is 7.11 Å². The number of carbonyl (C=O) groups excluding carboxylic acids is 2. The average Bonchev–Trinajstić information content (AvgIpc) is 2.40. The van der Waals surface area contributed by atoms with Crippen LogP contribution < -0.4 is 0 Å². The Labute approximate surface area is 57.9 Å². The molecule has 0 saturated carbocycles. The van der Waals surface area contributed by atoms with Crippen molar-refractivity contribution in [3.8, 4) is 0 Å². The van der Waals surface area contributed by atoms with Gasteiger partial charge in [0.25, 0.3) is 6.47 Å². The molecule has 1 saturated heterocycles. The number of cyclic esters (lactones) is 2. The maximum Gasteiger partial charge on any atom is 0.508 e. The molecule has 1 aliphatic heterocycles. The molecule has 5 nitrogen and oxygen atoms in total. The highest BCUT2D eigenvalue weighted by Gasteiger charge is 2.09. The molecule has 0 aromatic heterocycles. The van der Waals surface area contributed by atoms with Crippen molar-refractivity contribution in [2.24, 2.45) is 0 Å². The van der Waals surface area contributed by atoms with Gasteiger partial charge < -0.3 is 14.2 Å². The van der Waals surface area contributed by atoms with Crippen molar-refractivity contribution in [2.75, 3.05) is 20.3 Å². The van der Waals surface area contributed by atoms with E-state index in [1.165, 1.54) is 7.11 Å². The first-order valence-corrected chi connectivity index (χ1v) is 2.57. The summed E-state index contributed by atoms with van der Waals surface area (Å²) in [5.74, 6) is 0. The molecule has 0 radical (unpaired) electrons. The largest absolute Gasteiger partial charge is 0.508 e. The van der Waals surface area contributed by atoms with Crippen LogP contribution in [-0.2, 0) is 19.0 Å². The van der Waals surface area contributed by atoms with Crippen LogP contribution >= 0.6 is 0 Å². The minimum Gasteiger partial charge on any atom is -0.471 e. The molecule has 0 N–H and O–H groups in total. The Morgan fingerprint density at radius 3 is 2.00 bits per heavy atom. The third kappa shape index (κ3) is 4.89. The second-order valence-corrected chi connectivity index (χ2v) is 1.28. The number of carbonyl (C=O) groups is 2. The van der Waals surface area contributed by atoms with Crippen molar-refractivity contribution >= 4 is 12.6 Å². The normalized spacial score (nSPS) is 13.9. The lowest BCUT2D eigenvalue weighted by molar-refractivity contribution is -0.126. The fourth-order valence-corrected chi connectivity index (χ4v) is 0.292. The molecular weight excluding hydrogens is 140 g/mol. The topological polar surface area (TPSA) is 61.8 Å². The highest BCUT2D eigenvalue weighted by molar-refractivity contribution is 5.61. The van der Waals surface area contributed by atoms with Gasteiger partial charge in [0, 0.05) is 0 Å². The molecule has 0 unspecified atom stereocenters. The molecule has 10 heavy (non-hydrogen) atoms. The number of methoxy groups -OCH3 is 1. The second-order valence-electron chi connectivity index (χ2n) is 1.28. The van der Waals surface area contributed by atoms with Gasteiger partial charge in [0.15, 0.2) is 0 Å². The molecule has 0 atom stereocenters. The maximum absolute atomic E-state index is 9.80. The van der Waals surface area contributed by atoms with Gasteiger partial charge in [-0.2, -0.15) is 0 Å². The summed E-state index contributed by atoms with van der Waals surface area (Å²) >= 11 is 0. The molecule has 58 valence electrons. The van der Waals surface area contributed by atoms with E-state index in [0.29, 0.717) is 19.7 Å². The second kappa shape index (κ2) is 5.87. The maximum atomic E-state index is 9.80. The van der Waals surface area contributed by atoms with Crippen LogP contribution in [0.25, 0.3) is 0 Å². The van der Waals surface area contributed by atoms with Gasteiger partial charge in [-0.15, -0.1) is 0 Å². The van der Waals surface area contributed by atoms with Crippen molar-refractivity contribution in [1.82, 2.24) is 0 Å². The van der Waals surface area contributed by atoms with Crippen molar-refractivity contribution in [3.63, 3.8) is 0 Å². The summed E-state index contributed by atoms with van der Waals surface area (Å²) in [7, 11) is 1.31. The predicted octanol–water partition coefficient (Wildman–Crippen LogP) is -0.0576. The van der Waals surface area contributed by atoms with Crippen LogP contribution in [0.4, 0.5) is 4.79 Å². The van der Waals surface area contributed by atoms with Crippen LogP contribution in [0.3, 0.4) is 0 Å². The Kier molecular flexibility index (Phi) is 5.13. The molecular formula is C5H8O5. The van der Waals surface area contributed by atoms with E-state index in [-0.39, 0.29) is 0 Å². The molecule has 1 rings (SSSR count). The summed E-state index contributed by atoms with van der Waals surface area (Å²) in [6.07, 6.45) is -0.546. The first kappa shape index (κ1) is 8.74. The summed E-state index contributed by atoms with van der Waals surface area (Å²) in [5, 5.41) is 0. The number of hydrogen-bond donors (Lipinski definition) is 0. The Morgan fingerprint density at radius 1 is 1.50 bits per heavy atom. The minimum absolute atomic E-state index is 0.375. The summed E-state index contributed by atoms with van der Waals surface area (Å²) in [6.45, 7) is 1.21. The number of hydrogen-bond acceptors (Lipinski definition) is 5. The number of ether oxygens (including phenoxy) is 3. The molecule has 0 aromatic carbocycles. The first-order valence-electron chi connectivity index (χ1n) is 2.57. The zero-order chi connectivity index (χ0) is 7.82. The van der Waals surface area contributed by atoms with Gasteiger partial charge in [0.1, 0.15) is 13.2 Å². The highest BCUT2D eigenvalue weighted by Crippen LogP contribution is 1.92. The van der Waals surface area contributed by atoms with Crippen molar-refractivity contribution in [3.05, 3.63) is 0 Å². The van der Waals surface area contributed by atoms with E-state index < -0.39 is 6.16 Å². The van der Waals surface area contributed by atoms with Crippen LogP contribution in [0, 0.1) is 0 Å². The third-order valence-corrected chi connectivity index (χ3v) is 0.619. The van der Waals surface area contributed by atoms with E-state index in [2.05, 4.69) is 14.2 Å². The van der Waals surface area contributed by atoms with Crippen molar-refractivity contribution in [1.29, 1.82) is 0 Å². The Bertz CT molecular complexity index is 103. The van der Waals surface area contributed by atoms with Crippen LogP contribution in [0.1, 0.15) is 0 Å². The van der Waals surface area contributed by atoms with Gasteiger partial charge in [0.2, 0.25) is 0 Å². The van der Waals surface area contributed by atoms with Gasteiger partial charge in [-0.1, -0.05) is 0 Å². The third-order valence-electron chi connectivity index (χ3n) is 0.619. The highest BCUT2D eigenvalue weighted by atomic mass is 16.8. The molecule has 1 heterocycles. The molecule has 1 fully saturated rings. The van der Waals surface area contributed by atoms with E-state index in [9.17, 15) is 4.79 Å². The lowest BCUT2D eigenvalue weighted by Crippen LogP contribution is -1.88. The van der Waals surface area contributed by atoms with E-state index in [0.717, 1.165) is 0 Å². The Balaban J connectivity index is 0.000000180. The lowest BCUT2D eigenvalue weighted by atomic mass is 10.8. The molecule has 0 bridgehead atoms.